The number of alkyl halides is 5. The maximum absolute atomic E-state index is 14.1. The molecule has 0 aliphatic carbocycles. The topological polar surface area (TPSA) is 119 Å². The van der Waals surface area contributed by atoms with Crippen LogP contribution in [0.5, 0.6) is 0 Å². The second-order valence-electron chi connectivity index (χ2n) is 9.58. The summed E-state index contributed by atoms with van der Waals surface area (Å²) in [4.78, 5) is 39.6. The van der Waals surface area contributed by atoms with Crippen LogP contribution in [0.3, 0.4) is 0 Å². The van der Waals surface area contributed by atoms with Gasteiger partial charge >= 0.3 is 18.0 Å². The number of nitrogens with zero attached hydrogens (tertiary/aromatic N) is 4. The van der Waals surface area contributed by atoms with Gasteiger partial charge in [0.1, 0.15) is 19.3 Å². The molecule has 4 rings (SSSR count). The lowest BCUT2D eigenvalue weighted by Gasteiger charge is -2.24. The number of aliphatic hydroxyl groups excluding tert-OH is 1. The highest BCUT2D eigenvalue weighted by molar-refractivity contribution is 6.30. The summed E-state index contributed by atoms with van der Waals surface area (Å²) in [7, 11) is 0. The lowest BCUT2D eigenvalue weighted by molar-refractivity contribution is -0.137. The Balaban J connectivity index is 1.65. The predicted molar refractivity (Wildman–Crippen MR) is 143 cm³/mol. The third-order valence-electron chi connectivity index (χ3n) is 6.59. The van der Waals surface area contributed by atoms with Gasteiger partial charge in [0.15, 0.2) is 5.82 Å². The predicted octanol–water partition coefficient (Wildman–Crippen LogP) is 3.88. The molecule has 2 amide bonds. The van der Waals surface area contributed by atoms with Crippen LogP contribution in [0.2, 0.25) is 5.02 Å². The molecule has 1 aromatic heterocycles. The molecule has 0 spiro atoms. The zero-order valence-corrected chi connectivity index (χ0v) is 23.0. The van der Waals surface area contributed by atoms with Crippen molar-refractivity contribution in [3.8, 4) is 11.4 Å². The van der Waals surface area contributed by atoms with Crippen molar-refractivity contribution in [2.24, 2.45) is 0 Å². The quantitative estimate of drug-likeness (QED) is 0.246. The van der Waals surface area contributed by atoms with E-state index in [2.05, 4.69) is 17.0 Å². The van der Waals surface area contributed by atoms with Crippen LogP contribution >= 0.6 is 11.6 Å². The molecule has 0 saturated carbocycles. The van der Waals surface area contributed by atoms with E-state index in [-0.39, 0.29) is 42.7 Å². The fourth-order valence-electron chi connectivity index (χ4n) is 4.31. The Labute approximate surface area is 245 Å². The smallest absolute Gasteiger partial charge is 0.416 e. The van der Waals surface area contributed by atoms with Gasteiger partial charge in [0.05, 0.1) is 24.7 Å². The molecule has 10 nitrogen and oxygen atoms in total. The highest BCUT2D eigenvalue weighted by atomic mass is 35.5. The average Bonchev–Trinajstić information content (AvgIpc) is 3.50. The van der Waals surface area contributed by atoms with E-state index in [0.29, 0.717) is 9.70 Å². The van der Waals surface area contributed by atoms with Crippen molar-refractivity contribution >= 4 is 23.6 Å². The number of aliphatic hydroxyl groups is 1. The minimum absolute atomic E-state index is 0.0254. The molecule has 2 aromatic carbocycles. The molecule has 0 bridgehead atoms. The summed E-state index contributed by atoms with van der Waals surface area (Å²) in [6, 6.07) is 8.81. The number of ether oxygens (including phenoxy) is 1. The van der Waals surface area contributed by atoms with Crippen LogP contribution in [0, 0.1) is 0 Å². The number of amides is 2. The molecule has 16 heteroatoms. The summed E-state index contributed by atoms with van der Waals surface area (Å²) in [5.74, 6) is -4.81. The highest BCUT2D eigenvalue weighted by Gasteiger charge is 2.37. The van der Waals surface area contributed by atoms with E-state index < -0.39 is 60.6 Å². The average molecular weight is 630 g/mol. The Hall–Kier alpha value is -4.24. The maximum atomic E-state index is 14.1. The van der Waals surface area contributed by atoms with E-state index in [9.17, 15) is 41.4 Å². The molecule has 2 atom stereocenters. The van der Waals surface area contributed by atoms with Crippen molar-refractivity contribution in [1.82, 2.24) is 24.6 Å². The van der Waals surface area contributed by atoms with Gasteiger partial charge in [-0.25, -0.2) is 14.3 Å². The summed E-state index contributed by atoms with van der Waals surface area (Å²) in [5, 5.41) is 17.1. The highest BCUT2D eigenvalue weighted by Crippen LogP contribution is 2.31. The van der Waals surface area contributed by atoms with Gasteiger partial charge < -0.3 is 20.1 Å². The van der Waals surface area contributed by atoms with E-state index in [1.807, 2.05) is 0 Å². The van der Waals surface area contributed by atoms with Crippen molar-refractivity contribution in [3.63, 3.8) is 0 Å². The normalized spacial score (nSPS) is 15.2. The Kier molecular flexibility index (Phi) is 9.25. The number of rotatable bonds is 11. The van der Waals surface area contributed by atoms with Gasteiger partial charge in [0.25, 0.3) is 5.92 Å². The summed E-state index contributed by atoms with van der Waals surface area (Å²) in [5.41, 5.74) is -1.73. The summed E-state index contributed by atoms with van der Waals surface area (Å²) in [6.45, 7) is 1.24. The number of hydrogen-bond acceptors (Lipinski definition) is 6. The van der Waals surface area contributed by atoms with Crippen molar-refractivity contribution in [3.05, 3.63) is 87.8 Å². The number of cyclic esters (lactones) is 1. The Morgan fingerprint density at radius 3 is 2.44 bits per heavy atom. The molecule has 0 radical (unpaired) electrons. The molecule has 3 aromatic rings. The summed E-state index contributed by atoms with van der Waals surface area (Å²) in [6.07, 6.45) is -7.54. The minimum Gasteiger partial charge on any atom is -0.448 e. The zero-order chi connectivity index (χ0) is 31.5. The third kappa shape index (κ3) is 7.40. The molecule has 1 aliphatic heterocycles. The number of aromatic nitrogens is 3. The molecule has 2 N–H and O–H groups in total. The Morgan fingerprint density at radius 1 is 1.14 bits per heavy atom. The number of halogens is 6. The molecule has 43 heavy (non-hydrogen) atoms. The lowest BCUT2D eigenvalue weighted by atomic mass is 10.0. The van der Waals surface area contributed by atoms with Gasteiger partial charge in [0.2, 0.25) is 5.91 Å². The standard InChI is InChI=1S/C27H25ClF5N5O5/c1-2-26(29,30)21(39)14-37-23(16-6-8-19(28)9-7-16)35-38(24(37)41)15-22(40)34-20(13-36-10-11-43-25(36)42)17-4-3-5-18(12-17)27(31,32)33/h2-9,12,20-21,39H,1,10-11,13-15H2,(H,34,40). The number of benzene rings is 2. The van der Waals surface area contributed by atoms with E-state index in [4.69, 9.17) is 16.3 Å². The lowest BCUT2D eigenvalue weighted by Crippen LogP contribution is -2.42. The largest absolute Gasteiger partial charge is 0.448 e. The molecule has 1 saturated heterocycles. The van der Waals surface area contributed by atoms with Gasteiger partial charge in [-0.05, 0) is 48.0 Å². The zero-order valence-electron chi connectivity index (χ0n) is 22.2. The first kappa shape index (κ1) is 31.7. The second-order valence-corrected chi connectivity index (χ2v) is 10.0. The van der Waals surface area contributed by atoms with E-state index in [1.165, 1.54) is 35.2 Å². The Morgan fingerprint density at radius 2 is 1.84 bits per heavy atom. The van der Waals surface area contributed by atoms with Crippen molar-refractivity contribution in [2.45, 2.75) is 37.3 Å². The third-order valence-corrected chi connectivity index (χ3v) is 6.84. The van der Waals surface area contributed by atoms with Crippen molar-refractivity contribution < 1.29 is 41.4 Å². The van der Waals surface area contributed by atoms with Crippen molar-refractivity contribution in [1.29, 1.82) is 0 Å². The van der Waals surface area contributed by atoms with Crippen LogP contribution in [-0.4, -0.2) is 68.1 Å². The van der Waals surface area contributed by atoms with Gasteiger partial charge in [-0.3, -0.25) is 9.36 Å². The number of nitrogens with one attached hydrogen (secondary N) is 1. The molecule has 1 fully saturated rings. The van der Waals surface area contributed by atoms with Crippen LogP contribution in [0.25, 0.3) is 11.4 Å². The first-order chi connectivity index (χ1) is 20.2. The second kappa shape index (κ2) is 12.6. The van der Waals surface area contributed by atoms with E-state index in [0.717, 1.165) is 22.8 Å². The van der Waals surface area contributed by atoms with Gasteiger partial charge in [0, 0.05) is 17.1 Å². The Bertz CT molecular complexity index is 1560. The molecular formula is C27H25ClF5N5O5. The van der Waals surface area contributed by atoms with Gasteiger partial charge in [-0.2, -0.15) is 22.0 Å². The van der Waals surface area contributed by atoms with Crippen LogP contribution in [0.4, 0.5) is 26.7 Å². The fourth-order valence-corrected chi connectivity index (χ4v) is 4.43. The SMILES string of the molecule is C=CC(F)(F)C(O)Cn1c(-c2ccc(Cl)cc2)nn(CC(=O)NC(CN2CCOC2=O)c2cccc(C(F)(F)F)c2)c1=O. The maximum Gasteiger partial charge on any atom is 0.416 e. The number of hydrogen-bond donors (Lipinski definition) is 2. The molecule has 2 heterocycles. The van der Waals surface area contributed by atoms with Crippen LogP contribution < -0.4 is 11.0 Å². The minimum atomic E-state index is -4.68. The van der Waals surface area contributed by atoms with E-state index in [1.54, 1.807) is 0 Å². The number of carbonyl (C=O) groups is 2. The van der Waals surface area contributed by atoms with Crippen LogP contribution in [0.1, 0.15) is 17.2 Å². The van der Waals surface area contributed by atoms with Crippen LogP contribution in [0.15, 0.2) is 66.0 Å². The van der Waals surface area contributed by atoms with Crippen LogP contribution in [-0.2, 0) is 28.8 Å². The first-order valence-corrected chi connectivity index (χ1v) is 13.1. The van der Waals surface area contributed by atoms with Gasteiger partial charge in [-0.15, -0.1) is 5.10 Å². The molecule has 230 valence electrons. The van der Waals surface area contributed by atoms with Gasteiger partial charge in [-0.1, -0.05) is 30.3 Å². The number of carbonyl (C=O) groups excluding carboxylic acids is 2. The fraction of sp³-hybridized carbons (Fsp3) is 0.333. The summed E-state index contributed by atoms with van der Waals surface area (Å²) >= 11 is 5.92. The molecule has 2 unspecified atom stereocenters. The van der Waals surface area contributed by atoms with E-state index >= 15 is 0 Å². The molecular weight excluding hydrogens is 605 g/mol. The summed E-state index contributed by atoms with van der Waals surface area (Å²) < 4.78 is 74.6. The monoisotopic (exact) mass is 629 g/mol. The first-order valence-electron chi connectivity index (χ1n) is 12.7. The molecule has 1 aliphatic rings. The van der Waals surface area contributed by atoms with Crippen molar-refractivity contribution in [2.75, 3.05) is 19.7 Å².